The number of ketones is 1. The third-order valence-electron chi connectivity index (χ3n) is 4.98. The summed E-state index contributed by atoms with van der Waals surface area (Å²) in [5, 5.41) is 8.40. The van der Waals surface area contributed by atoms with Crippen LogP contribution >= 0.6 is 15.9 Å². The molecule has 144 valence electrons. The number of carbonyl (C=O) groups excluding carboxylic acids is 1. The highest BCUT2D eigenvalue weighted by Crippen LogP contribution is 2.24. The Morgan fingerprint density at radius 2 is 1.55 bits per heavy atom. The lowest BCUT2D eigenvalue weighted by Gasteiger charge is -2.05. The van der Waals surface area contributed by atoms with E-state index < -0.39 is 0 Å². The van der Waals surface area contributed by atoms with Crippen molar-refractivity contribution in [1.82, 2.24) is 9.13 Å². The number of aromatic nitrogens is 2. The second kappa shape index (κ2) is 8.05. The van der Waals surface area contributed by atoms with Gasteiger partial charge in [-0.1, -0.05) is 82.7 Å². The zero-order chi connectivity index (χ0) is 20.4. The molecule has 4 rings (SSSR count). The Labute approximate surface area is 177 Å². The van der Waals surface area contributed by atoms with Crippen molar-refractivity contribution in [3.05, 3.63) is 101 Å². The maximum absolute atomic E-state index is 12.6. The first-order valence-electron chi connectivity index (χ1n) is 9.28. The van der Waals surface area contributed by atoms with Gasteiger partial charge in [0.1, 0.15) is 0 Å². The average molecular weight is 446 g/mol. The van der Waals surface area contributed by atoms with Gasteiger partial charge in [0.25, 0.3) is 0 Å². The topological polar surface area (TPSA) is 50.8 Å². The summed E-state index contributed by atoms with van der Waals surface area (Å²) in [6.07, 6.45) is 1.87. The van der Waals surface area contributed by atoms with Crippen LogP contribution in [0.5, 0.6) is 0 Å². The van der Waals surface area contributed by atoms with Gasteiger partial charge in [0.05, 0.1) is 12.2 Å². The van der Waals surface area contributed by atoms with Gasteiger partial charge in [-0.2, -0.15) is 0 Å². The zero-order valence-electron chi connectivity index (χ0n) is 16.0. The van der Waals surface area contributed by atoms with Crippen LogP contribution < -0.4 is 5.62 Å². The highest BCUT2D eigenvalue weighted by molar-refractivity contribution is 9.10. The number of imidazole rings is 1. The summed E-state index contributed by atoms with van der Waals surface area (Å²) in [5.41, 5.74) is 5.14. The van der Waals surface area contributed by atoms with Gasteiger partial charge in [-0.25, -0.2) is 0 Å². The normalized spacial score (nSPS) is 10.8. The molecule has 0 unspecified atom stereocenters. The average Bonchev–Trinajstić information content (AvgIpc) is 3.03. The van der Waals surface area contributed by atoms with Crippen molar-refractivity contribution in [2.75, 3.05) is 0 Å². The molecule has 4 aromatic rings. The van der Waals surface area contributed by atoms with Crippen LogP contribution in [0.2, 0.25) is 0 Å². The van der Waals surface area contributed by atoms with Crippen LogP contribution in [0.1, 0.15) is 10.4 Å². The number of carbonyl (C=O) groups is 1. The maximum Gasteiger partial charge on any atom is 0.202 e. The van der Waals surface area contributed by atoms with Crippen molar-refractivity contribution in [2.45, 2.75) is 6.54 Å². The summed E-state index contributed by atoms with van der Waals surface area (Å²) in [7, 11) is 1.85. The fourth-order valence-electron chi connectivity index (χ4n) is 3.36. The van der Waals surface area contributed by atoms with E-state index >= 15 is 0 Å². The van der Waals surface area contributed by atoms with Crippen LogP contribution in [0, 0.1) is 5.41 Å². The van der Waals surface area contributed by atoms with E-state index in [0.717, 1.165) is 21.3 Å². The molecular weight excluding hydrogens is 426 g/mol. The summed E-state index contributed by atoms with van der Waals surface area (Å²) in [5.74, 6) is -0.0265. The molecule has 0 atom stereocenters. The minimum atomic E-state index is -0.0265. The van der Waals surface area contributed by atoms with Gasteiger partial charge in [0, 0.05) is 23.3 Å². The Morgan fingerprint density at radius 1 is 0.897 bits per heavy atom. The molecule has 0 saturated heterocycles. The fourth-order valence-corrected chi connectivity index (χ4v) is 3.76. The third kappa shape index (κ3) is 4.00. The molecule has 0 radical (unpaired) electrons. The molecule has 1 heterocycles. The predicted octanol–water partition coefficient (Wildman–Crippen LogP) is 5.29. The molecule has 4 nitrogen and oxygen atoms in total. The number of hydrogen-bond donors (Lipinski definition) is 1. The van der Waals surface area contributed by atoms with Gasteiger partial charge in [-0.3, -0.25) is 10.2 Å². The van der Waals surface area contributed by atoms with E-state index in [2.05, 4.69) is 52.3 Å². The van der Waals surface area contributed by atoms with Crippen molar-refractivity contribution in [2.24, 2.45) is 7.05 Å². The third-order valence-corrected chi connectivity index (χ3v) is 5.47. The number of Topliss-reactive ketones (excluding diaryl/α,β-unsaturated/α-hetero) is 1. The van der Waals surface area contributed by atoms with Crippen LogP contribution in [0.25, 0.3) is 22.4 Å². The Kier molecular flexibility index (Phi) is 5.32. The summed E-state index contributed by atoms with van der Waals surface area (Å²) in [6.45, 7) is 0.130. The molecule has 29 heavy (non-hydrogen) atoms. The Bertz CT molecular complexity index is 1220. The van der Waals surface area contributed by atoms with Gasteiger partial charge in [0.15, 0.2) is 5.78 Å². The molecule has 0 amide bonds. The van der Waals surface area contributed by atoms with E-state index in [4.69, 9.17) is 5.41 Å². The minimum Gasteiger partial charge on any atom is -0.314 e. The Hall–Kier alpha value is -3.18. The van der Waals surface area contributed by atoms with Crippen LogP contribution in [0.15, 0.2) is 89.5 Å². The summed E-state index contributed by atoms with van der Waals surface area (Å²) in [6, 6.07) is 25.8. The molecule has 0 saturated carbocycles. The Morgan fingerprint density at radius 3 is 2.24 bits per heavy atom. The van der Waals surface area contributed by atoms with Gasteiger partial charge in [-0.05, 0) is 28.8 Å². The van der Waals surface area contributed by atoms with Gasteiger partial charge in [-0.15, -0.1) is 0 Å². The van der Waals surface area contributed by atoms with E-state index in [1.165, 1.54) is 5.56 Å². The number of nitrogens with one attached hydrogen (secondary N) is 1. The predicted molar refractivity (Wildman–Crippen MR) is 119 cm³/mol. The van der Waals surface area contributed by atoms with Crippen molar-refractivity contribution < 1.29 is 4.79 Å². The zero-order valence-corrected chi connectivity index (χ0v) is 17.6. The number of nitrogens with zero attached hydrogens (tertiary/aromatic N) is 2. The minimum absolute atomic E-state index is 0.0265. The monoisotopic (exact) mass is 445 g/mol. The van der Waals surface area contributed by atoms with E-state index in [0.29, 0.717) is 5.56 Å². The highest BCUT2D eigenvalue weighted by Gasteiger charge is 2.13. The van der Waals surface area contributed by atoms with Crippen molar-refractivity contribution >= 4 is 21.7 Å². The second-order valence-corrected chi connectivity index (χ2v) is 7.82. The molecule has 0 aliphatic heterocycles. The van der Waals surface area contributed by atoms with Crippen LogP contribution in [0.4, 0.5) is 0 Å². The summed E-state index contributed by atoms with van der Waals surface area (Å²) < 4.78 is 4.35. The molecule has 0 spiro atoms. The molecule has 1 aromatic heterocycles. The molecule has 0 fully saturated rings. The van der Waals surface area contributed by atoms with Crippen molar-refractivity contribution in [3.8, 4) is 22.4 Å². The fraction of sp³-hybridized carbons (Fsp3) is 0.0833. The molecule has 0 bridgehead atoms. The first-order valence-corrected chi connectivity index (χ1v) is 10.1. The smallest absolute Gasteiger partial charge is 0.202 e. The first-order chi connectivity index (χ1) is 14.0. The van der Waals surface area contributed by atoms with E-state index in [-0.39, 0.29) is 17.9 Å². The lowest BCUT2D eigenvalue weighted by molar-refractivity contribution is 0.0970. The standard InChI is InChI=1S/C24H20BrN3O/c1-27-22(19-12-10-18(11-13-19)17-6-3-2-4-7-17)15-28(24(27)26)16-23(29)20-8-5-9-21(25)14-20/h2-15,26H,16H2,1H3. The van der Waals surface area contributed by atoms with Crippen molar-refractivity contribution in [1.29, 1.82) is 5.41 Å². The lowest BCUT2D eigenvalue weighted by atomic mass is 10.0. The number of rotatable bonds is 5. The molecule has 0 aliphatic rings. The summed E-state index contributed by atoms with van der Waals surface area (Å²) >= 11 is 3.40. The number of benzene rings is 3. The highest BCUT2D eigenvalue weighted by atomic mass is 79.9. The van der Waals surface area contributed by atoms with Crippen LogP contribution in [0.3, 0.4) is 0 Å². The quantitative estimate of drug-likeness (QED) is 0.417. The maximum atomic E-state index is 12.6. The van der Waals surface area contributed by atoms with E-state index in [1.807, 2.05) is 43.6 Å². The SMILES string of the molecule is Cn1c(-c2ccc(-c3ccccc3)cc2)cn(CC(=O)c2cccc(Br)c2)c1=N. The van der Waals surface area contributed by atoms with Crippen LogP contribution in [-0.4, -0.2) is 14.9 Å². The van der Waals surface area contributed by atoms with Gasteiger partial charge < -0.3 is 9.13 Å². The van der Waals surface area contributed by atoms with Crippen molar-refractivity contribution in [3.63, 3.8) is 0 Å². The number of halogens is 1. The second-order valence-electron chi connectivity index (χ2n) is 6.90. The van der Waals surface area contributed by atoms with Gasteiger partial charge >= 0.3 is 0 Å². The summed E-state index contributed by atoms with van der Waals surface area (Å²) in [4.78, 5) is 12.6. The molecule has 5 heteroatoms. The molecule has 1 N–H and O–H groups in total. The molecule has 3 aromatic carbocycles. The largest absolute Gasteiger partial charge is 0.314 e. The Balaban J connectivity index is 1.61. The first kappa shape index (κ1) is 19.2. The molecular formula is C24H20BrN3O. The van der Waals surface area contributed by atoms with Gasteiger partial charge in [0.2, 0.25) is 5.62 Å². The lowest BCUT2D eigenvalue weighted by Crippen LogP contribution is -2.25. The van der Waals surface area contributed by atoms with E-state index in [1.54, 1.807) is 21.3 Å². The molecule has 0 aliphatic carbocycles. The van der Waals surface area contributed by atoms with E-state index in [9.17, 15) is 4.79 Å². The van der Waals surface area contributed by atoms with Crippen LogP contribution in [-0.2, 0) is 13.6 Å². The number of hydrogen-bond acceptors (Lipinski definition) is 2.